The predicted octanol–water partition coefficient (Wildman–Crippen LogP) is 2.08. The molecule has 1 aliphatic heterocycles. The molecule has 0 aromatic heterocycles. The molecule has 0 spiro atoms. The van der Waals surface area contributed by atoms with Crippen LogP contribution in [-0.4, -0.2) is 18.0 Å². The van der Waals surface area contributed by atoms with Crippen molar-refractivity contribution in [2.45, 2.75) is 20.3 Å². The van der Waals surface area contributed by atoms with Crippen LogP contribution in [0, 0.1) is 0 Å². The Hall–Kier alpha value is -1.64. The molecule has 3 heteroatoms. The van der Waals surface area contributed by atoms with Crippen LogP contribution in [0.3, 0.4) is 0 Å². The van der Waals surface area contributed by atoms with E-state index in [-0.39, 0.29) is 0 Å². The SMILES string of the molecule is C=C(CN1C(=C)C(N)=CC=C1C)NCCC. The van der Waals surface area contributed by atoms with Gasteiger partial charge in [-0.05, 0) is 25.5 Å². The first-order chi connectivity index (χ1) is 7.56. The van der Waals surface area contributed by atoms with Crippen molar-refractivity contribution in [1.82, 2.24) is 10.2 Å². The number of nitrogens with two attached hydrogens (primary N) is 1. The zero-order valence-corrected chi connectivity index (χ0v) is 10.2. The predicted molar refractivity (Wildman–Crippen MR) is 69.3 cm³/mol. The summed E-state index contributed by atoms with van der Waals surface area (Å²) in [6.07, 6.45) is 4.98. The minimum atomic E-state index is 0.717. The first-order valence-corrected chi connectivity index (χ1v) is 5.58. The lowest BCUT2D eigenvalue weighted by Gasteiger charge is -2.31. The van der Waals surface area contributed by atoms with E-state index in [1.807, 2.05) is 19.1 Å². The first kappa shape index (κ1) is 12.4. The number of hydrogen-bond acceptors (Lipinski definition) is 3. The summed E-state index contributed by atoms with van der Waals surface area (Å²) in [4.78, 5) is 2.07. The van der Waals surface area contributed by atoms with E-state index >= 15 is 0 Å². The van der Waals surface area contributed by atoms with Gasteiger partial charge >= 0.3 is 0 Å². The van der Waals surface area contributed by atoms with Gasteiger partial charge in [0.15, 0.2) is 0 Å². The second-order valence-electron chi connectivity index (χ2n) is 3.99. The molecule has 3 N–H and O–H groups in total. The monoisotopic (exact) mass is 219 g/mol. The maximum absolute atomic E-state index is 5.83. The van der Waals surface area contributed by atoms with Crippen LogP contribution < -0.4 is 11.1 Å². The zero-order chi connectivity index (χ0) is 12.1. The lowest BCUT2D eigenvalue weighted by molar-refractivity contribution is 0.453. The highest BCUT2D eigenvalue weighted by atomic mass is 15.2. The van der Waals surface area contributed by atoms with E-state index in [0.717, 1.165) is 36.6 Å². The number of hydrogen-bond donors (Lipinski definition) is 2. The second kappa shape index (κ2) is 5.45. The molecule has 3 nitrogen and oxygen atoms in total. The zero-order valence-electron chi connectivity index (χ0n) is 10.2. The summed E-state index contributed by atoms with van der Waals surface area (Å²) in [5.41, 5.74) is 9.52. The summed E-state index contributed by atoms with van der Waals surface area (Å²) >= 11 is 0. The molecule has 0 aliphatic carbocycles. The van der Waals surface area contributed by atoms with Crippen molar-refractivity contribution in [3.8, 4) is 0 Å². The molecule has 0 fully saturated rings. The van der Waals surface area contributed by atoms with E-state index in [2.05, 4.69) is 30.3 Å². The highest BCUT2D eigenvalue weighted by molar-refractivity contribution is 5.37. The standard InChI is InChI=1S/C13H21N3/c1-5-8-15-10(2)9-16-11(3)6-7-13(14)12(16)4/h6-7,15H,2,4-5,8-9,14H2,1,3H3. The van der Waals surface area contributed by atoms with Crippen molar-refractivity contribution in [1.29, 1.82) is 0 Å². The quantitative estimate of drug-likeness (QED) is 0.744. The maximum Gasteiger partial charge on any atom is 0.0619 e. The molecular weight excluding hydrogens is 198 g/mol. The normalized spacial score (nSPS) is 15.6. The van der Waals surface area contributed by atoms with Gasteiger partial charge in [-0.15, -0.1) is 0 Å². The smallest absolute Gasteiger partial charge is 0.0619 e. The van der Waals surface area contributed by atoms with Crippen LogP contribution >= 0.6 is 0 Å². The Kier molecular flexibility index (Phi) is 4.23. The Bertz CT molecular complexity index is 348. The summed E-state index contributed by atoms with van der Waals surface area (Å²) in [6, 6.07) is 0. The molecule has 0 aromatic carbocycles. The molecule has 1 heterocycles. The molecule has 16 heavy (non-hydrogen) atoms. The van der Waals surface area contributed by atoms with Crippen LogP contribution in [0.1, 0.15) is 20.3 Å². The molecular formula is C13H21N3. The van der Waals surface area contributed by atoms with Crippen LogP contribution in [-0.2, 0) is 0 Å². The van der Waals surface area contributed by atoms with Gasteiger partial charge in [-0.2, -0.15) is 0 Å². The lowest BCUT2D eigenvalue weighted by atomic mass is 10.1. The van der Waals surface area contributed by atoms with Gasteiger partial charge in [-0.25, -0.2) is 0 Å². The Morgan fingerprint density at radius 2 is 2.19 bits per heavy atom. The Balaban J connectivity index is 2.61. The molecule has 1 aliphatic rings. The summed E-state index contributed by atoms with van der Waals surface area (Å²) in [5.74, 6) is 0. The number of nitrogens with one attached hydrogen (secondary N) is 1. The van der Waals surface area contributed by atoms with Crippen LogP contribution in [0.4, 0.5) is 0 Å². The summed E-state index contributed by atoms with van der Waals surface area (Å²) in [7, 11) is 0. The van der Waals surface area contributed by atoms with Gasteiger partial charge in [0.1, 0.15) is 0 Å². The van der Waals surface area contributed by atoms with E-state index in [9.17, 15) is 0 Å². The van der Waals surface area contributed by atoms with Crippen molar-refractivity contribution in [2.75, 3.05) is 13.1 Å². The molecule has 0 unspecified atom stereocenters. The third-order valence-electron chi connectivity index (χ3n) is 2.56. The summed E-state index contributed by atoms with van der Waals surface area (Å²) in [5, 5.41) is 3.27. The average molecular weight is 219 g/mol. The van der Waals surface area contributed by atoms with Gasteiger partial charge < -0.3 is 16.0 Å². The van der Waals surface area contributed by atoms with Crippen molar-refractivity contribution >= 4 is 0 Å². The van der Waals surface area contributed by atoms with Crippen LogP contribution in [0.15, 0.2) is 48.1 Å². The van der Waals surface area contributed by atoms with E-state index in [4.69, 9.17) is 5.73 Å². The minimum Gasteiger partial charge on any atom is -0.397 e. The Morgan fingerprint density at radius 1 is 1.50 bits per heavy atom. The van der Waals surface area contributed by atoms with E-state index in [0.29, 0.717) is 5.70 Å². The second-order valence-corrected chi connectivity index (χ2v) is 3.99. The molecule has 0 atom stereocenters. The van der Waals surface area contributed by atoms with Crippen molar-refractivity contribution in [2.24, 2.45) is 5.73 Å². The highest BCUT2D eigenvalue weighted by Gasteiger charge is 2.15. The average Bonchev–Trinajstić information content (AvgIpc) is 2.27. The molecule has 0 saturated heterocycles. The summed E-state index contributed by atoms with van der Waals surface area (Å²) < 4.78 is 0. The summed E-state index contributed by atoms with van der Waals surface area (Å²) in [6.45, 7) is 13.8. The van der Waals surface area contributed by atoms with Crippen LogP contribution in [0.25, 0.3) is 0 Å². The van der Waals surface area contributed by atoms with E-state index < -0.39 is 0 Å². The van der Waals surface area contributed by atoms with Gasteiger partial charge in [0.25, 0.3) is 0 Å². The largest absolute Gasteiger partial charge is 0.397 e. The Labute approximate surface area is 98.0 Å². The van der Waals surface area contributed by atoms with Crippen LogP contribution in [0.2, 0.25) is 0 Å². The number of rotatable bonds is 5. The third-order valence-corrected chi connectivity index (χ3v) is 2.56. The maximum atomic E-state index is 5.83. The molecule has 0 radical (unpaired) electrons. The number of nitrogens with zero attached hydrogens (tertiary/aromatic N) is 1. The Morgan fingerprint density at radius 3 is 2.81 bits per heavy atom. The van der Waals surface area contributed by atoms with E-state index in [1.54, 1.807) is 0 Å². The lowest BCUT2D eigenvalue weighted by Crippen LogP contribution is -2.31. The van der Waals surface area contributed by atoms with Gasteiger partial charge in [0.2, 0.25) is 0 Å². The fourth-order valence-corrected chi connectivity index (χ4v) is 1.53. The van der Waals surface area contributed by atoms with Crippen LogP contribution in [0.5, 0.6) is 0 Å². The van der Waals surface area contributed by atoms with Crippen molar-refractivity contribution < 1.29 is 0 Å². The van der Waals surface area contributed by atoms with Crippen molar-refractivity contribution in [3.63, 3.8) is 0 Å². The highest BCUT2D eigenvalue weighted by Crippen LogP contribution is 2.21. The fraction of sp³-hybridized carbons (Fsp3) is 0.385. The van der Waals surface area contributed by atoms with Crippen molar-refractivity contribution in [3.05, 3.63) is 48.1 Å². The fourth-order valence-electron chi connectivity index (χ4n) is 1.53. The molecule has 1 rings (SSSR count). The number of allylic oxidation sites excluding steroid dienone is 3. The molecule has 0 saturated carbocycles. The third kappa shape index (κ3) is 2.92. The molecule has 0 aromatic rings. The molecule has 0 bridgehead atoms. The molecule has 88 valence electrons. The minimum absolute atomic E-state index is 0.717. The van der Waals surface area contributed by atoms with E-state index in [1.165, 1.54) is 0 Å². The molecule has 0 amide bonds. The first-order valence-electron chi connectivity index (χ1n) is 5.58. The van der Waals surface area contributed by atoms with Gasteiger partial charge in [0.05, 0.1) is 17.9 Å². The van der Waals surface area contributed by atoms with Gasteiger partial charge in [-0.1, -0.05) is 20.1 Å². The van der Waals surface area contributed by atoms with Gasteiger partial charge in [-0.3, -0.25) is 0 Å². The van der Waals surface area contributed by atoms with Gasteiger partial charge in [0, 0.05) is 17.9 Å². The topological polar surface area (TPSA) is 41.3 Å².